The van der Waals surface area contributed by atoms with Gasteiger partial charge in [-0.3, -0.25) is 9.36 Å². The highest BCUT2D eigenvalue weighted by Gasteiger charge is 2.25. The third-order valence-corrected chi connectivity index (χ3v) is 9.73. The molecule has 2 aromatic heterocycles. The first-order chi connectivity index (χ1) is 23.2. The van der Waals surface area contributed by atoms with Crippen LogP contribution in [0.2, 0.25) is 0 Å². The highest BCUT2D eigenvalue weighted by Crippen LogP contribution is 2.37. The predicted molar refractivity (Wildman–Crippen MR) is 199 cm³/mol. The summed E-state index contributed by atoms with van der Waals surface area (Å²) in [5.41, 5.74) is 4.99. The maximum Gasteiger partial charge on any atom is 0.323 e. The van der Waals surface area contributed by atoms with Crippen molar-refractivity contribution in [3.05, 3.63) is 82.3 Å². The molecule has 0 radical (unpaired) electrons. The van der Waals surface area contributed by atoms with Gasteiger partial charge in [0, 0.05) is 35.9 Å². The number of para-hydroxylation sites is 1. The van der Waals surface area contributed by atoms with Crippen molar-refractivity contribution in [2.75, 3.05) is 36.9 Å². The van der Waals surface area contributed by atoms with Crippen LogP contribution in [0.5, 0.6) is 5.75 Å². The fraction of sp³-hybridized carbons (Fsp3) is 0.475. The molecule has 0 aliphatic heterocycles. The van der Waals surface area contributed by atoms with Crippen molar-refractivity contribution in [2.24, 2.45) is 5.92 Å². The van der Waals surface area contributed by atoms with Crippen LogP contribution < -0.4 is 20.9 Å². The minimum Gasteiger partial charge on any atom is -0.492 e. The average molecular weight is 652 g/mol. The van der Waals surface area contributed by atoms with Crippen LogP contribution in [-0.4, -0.2) is 46.7 Å². The number of anilines is 2. The number of benzene rings is 2. The third kappa shape index (κ3) is 8.09. The molecule has 0 bridgehead atoms. The lowest BCUT2D eigenvalue weighted by Crippen LogP contribution is -2.32. The van der Waals surface area contributed by atoms with Gasteiger partial charge >= 0.3 is 6.03 Å². The molecule has 2 aromatic carbocycles. The van der Waals surface area contributed by atoms with Crippen LogP contribution in [0.15, 0.2) is 65.6 Å². The lowest BCUT2D eigenvalue weighted by molar-refractivity contribution is 0.223. The molecular weight excluding hydrogens is 598 g/mol. The molecule has 1 fully saturated rings. The number of nitrogens with one attached hydrogen (secondary N) is 2. The number of amides is 2. The number of urea groups is 1. The van der Waals surface area contributed by atoms with Gasteiger partial charge in [-0.2, -0.15) is 0 Å². The average Bonchev–Trinajstić information content (AvgIpc) is 3.09. The van der Waals surface area contributed by atoms with E-state index in [1.165, 1.54) is 19.3 Å². The lowest BCUT2D eigenvalue weighted by Gasteiger charge is -2.25. The number of ether oxygens (including phenoxy) is 1. The Labute approximate surface area is 285 Å². The number of nitrogens with zero attached hydrogens (tertiary/aromatic N) is 3. The van der Waals surface area contributed by atoms with E-state index in [4.69, 9.17) is 9.72 Å². The van der Waals surface area contributed by atoms with E-state index in [0.717, 1.165) is 60.2 Å². The van der Waals surface area contributed by atoms with E-state index in [9.17, 15) is 9.59 Å². The maximum atomic E-state index is 14.6. The molecule has 2 amide bonds. The van der Waals surface area contributed by atoms with Gasteiger partial charge in [0.05, 0.1) is 0 Å². The Kier molecular flexibility index (Phi) is 11.9. The summed E-state index contributed by atoms with van der Waals surface area (Å²) in [6.07, 6.45) is 7.49. The zero-order chi connectivity index (χ0) is 34.2. The molecule has 1 aliphatic rings. The van der Waals surface area contributed by atoms with Crippen LogP contribution in [0.25, 0.3) is 22.2 Å². The van der Waals surface area contributed by atoms with Crippen molar-refractivity contribution in [3.63, 3.8) is 0 Å². The number of rotatable bonds is 13. The monoisotopic (exact) mass is 651 g/mol. The van der Waals surface area contributed by atoms with E-state index in [2.05, 4.69) is 69.2 Å². The number of fused-ring (bicyclic) bond motifs is 1. The molecule has 1 aliphatic carbocycles. The molecule has 1 saturated carbocycles. The Balaban J connectivity index is 1.60. The van der Waals surface area contributed by atoms with Gasteiger partial charge in [0.15, 0.2) is 0 Å². The van der Waals surface area contributed by atoms with Crippen molar-refractivity contribution in [1.82, 2.24) is 14.5 Å². The molecule has 0 unspecified atom stereocenters. The Bertz CT molecular complexity index is 1730. The van der Waals surface area contributed by atoms with Crippen molar-refractivity contribution >= 4 is 28.4 Å². The van der Waals surface area contributed by atoms with Gasteiger partial charge in [-0.1, -0.05) is 91.1 Å². The van der Waals surface area contributed by atoms with E-state index in [1.807, 2.05) is 42.5 Å². The molecule has 48 heavy (non-hydrogen) atoms. The normalized spacial score (nSPS) is 13.9. The van der Waals surface area contributed by atoms with Crippen molar-refractivity contribution < 1.29 is 9.53 Å². The first-order valence-corrected chi connectivity index (χ1v) is 17.9. The van der Waals surface area contributed by atoms with E-state index in [0.29, 0.717) is 36.0 Å². The Morgan fingerprint density at radius 2 is 1.58 bits per heavy atom. The van der Waals surface area contributed by atoms with Crippen LogP contribution in [0, 0.1) is 5.92 Å². The summed E-state index contributed by atoms with van der Waals surface area (Å²) in [5, 5.41) is 7.04. The zero-order valence-corrected chi connectivity index (χ0v) is 29.6. The Morgan fingerprint density at radius 3 is 2.25 bits per heavy atom. The van der Waals surface area contributed by atoms with Crippen LogP contribution in [-0.2, 0) is 6.54 Å². The summed E-state index contributed by atoms with van der Waals surface area (Å²) >= 11 is 0. The van der Waals surface area contributed by atoms with Crippen LogP contribution in [0.4, 0.5) is 16.2 Å². The number of hydrogen-bond donors (Lipinski definition) is 2. The van der Waals surface area contributed by atoms with Crippen LogP contribution in [0.3, 0.4) is 0 Å². The maximum absolute atomic E-state index is 14.6. The molecule has 0 atom stereocenters. The SMILES string of the molecule is CCN(CC)CCOc1cccc(-c2c(NC(=O)Nc3c(C(C)C)cccc3C(C)C)c(=O)n(CC3CCCCC3)c3ncccc23)c1. The van der Waals surface area contributed by atoms with Gasteiger partial charge < -0.3 is 20.3 Å². The summed E-state index contributed by atoms with van der Waals surface area (Å²) in [4.78, 5) is 35.7. The number of pyridine rings is 2. The molecule has 0 spiro atoms. The van der Waals surface area contributed by atoms with Gasteiger partial charge in [-0.15, -0.1) is 0 Å². The minimum absolute atomic E-state index is 0.207. The van der Waals surface area contributed by atoms with Gasteiger partial charge in [0.2, 0.25) is 0 Å². The second kappa shape index (κ2) is 16.3. The molecule has 2 heterocycles. The van der Waals surface area contributed by atoms with Crippen molar-refractivity contribution in [2.45, 2.75) is 92.0 Å². The third-order valence-electron chi connectivity index (χ3n) is 9.73. The number of hydrogen-bond acceptors (Lipinski definition) is 5. The second-order valence-corrected chi connectivity index (χ2v) is 13.6. The Morgan fingerprint density at radius 1 is 0.917 bits per heavy atom. The molecule has 8 heteroatoms. The first-order valence-electron chi connectivity index (χ1n) is 17.9. The summed E-state index contributed by atoms with van der Waals surface area (Å²) in [5.74, 6) is 1.52. The predicted octanol–water partition coefficient (Wildman–Crippen LogP) is 9.26. The number of likely N-dealkylation sites (N-methyl/N-ethyl adjacent to an activating group) is 1. The smallest absolute Gasteiger partial charge is 0.323 e. The lowest BCUT2D eigenvalue weighted by atomic mass is 9.89. The van der Waals surface area contributed by atoms with E-state index in [1.54, 1.807) is 10.8 Å². The van der Waals surface area contributed by atoms with E-state index < -0.39 is 6.03 Å². The molecule has 0 saturated heterocycles. The topological polar surface area (TPSA) is 88.5 Å². The van der Waals surface area contributed by atoms with E-state index in [-0.39, 0.29) is 23.1 Å². The highest BCUT2D eigenvalue weighted by atomic mass is 16.5. The standard InChI is InChI=1S/C40H53N5O3/c1-7-44(8-2)23-24-48-31-18-12-17-30(25-31)35-34-21-14-22-41-38(34)45(26-29-15-10-9-11-16-29)39(46)37(35)43-40(47)42-36-32(27(3)4)19-13-20-33(36)28(5)6/h12-14,17-22,25,27-29H,7-11,15-16,23-24,26H2,1-6H3,(H2,42,43,47). The van der Waals surface area contributed by atoms with Crippen LogP contribution >= 0.6 is 0 Å². The fourth-order valence-corrected chi connectivity index (χ4v) is 7.02. The van der Waals surface area contributed by atoms with E-state index >= 15 is 0 Å². The summed E-state index contributed by atoms with van der Waals surface area (Å²) in [6, 6.07) is 17.4. The molecule has 2 N–H and O–H groups in total. The first kappa shape index (κ1) is 35.1. The van der Waals surface area contributed by atoms with Gasteiger partial charge in [0.1, 0.15) is 23.7 Å². The molecular formula is C40H53N5O3. The number of carbonyl (C=O) groups is 1. The molecule has 256 valence electrons. The van der Waals surface area contributed by atoms with Gasteiger partial charge in [-0.05, 0) is 84.6 Å². The minimum atomic E-state index is -0.442. The fourth-order valence-electron chi connectivity index (χ4n) is 7.02. The quantitative estimate of drug-likeness (QED) is 0.150. The zero-order valence-electron chi connectivity index (χ0n) is 29.6. The van der Waals surface area contributed by atoms with Crippen molar-refractivity contribution in [3.8, 4) is 16.9 Å². The summed E-state index contributed by atoms with van der Waals surface area (Å²) in [6.45, 7) is 16.7. The molecule has 8 nitrogen and oxygen atoms in total. The number of aromatic nitrogens is 2. The van der Waals surface area contributed by atoms with Crippen molar-refractivity contribution in [1.29, 1.82) is 0 Å². The van der Waals surface area contributed by atoms with Gasteiger partial charge in [0.25, 0.3) is 5.56 Å². The summed E-state index contributed by atoms with van der Waals surface area (Å²) in [7, 11) is 0. The second-order valence-electron chi connectivity index (χ2n) is 13.6. The summed E-state index contributed by atoms with van der Waals surface area (Å²) < 4.78 is 7.99. The molecule has 4 aromatic rings. The highest BCUT2D eigenvalue weighted by molar-refractivity contribution is 6.07. The van der Waals surface area contributed by atoms with Gasteiger partial charge in [-0.25, -0.2) is 9.78 Å². The molecule has 5 rings (SSSR count). The van der Waals surface area contributed by atoms with Crippen LogP contribution in [0.1, 0.15) is 96.6 Å². The number of carbonyl (C=O) groups excluding carboxylic acids is 1. The Hall–Kier alpha value is -4.17. The largest absolute Gasteiger partial charge is 0.492 e.